The number of thiazole rings is 1. The molecule has 0 spiro atoms. The van der Waals surface area contributed by atoms with E-state index < -0.39 is 18.5 Å². The van der Waals surface area contributed by atoms with Crippen molar-refractivity contribution in [1.29, 1.82) is 0 Å². The van der Waals surface area contributed by atoms with Gasteiger partial charge in [-0.15, -0.1) is 11.3 Å². The number of fused-ring (bicyclic) bond motifs is 1. The molecule has 0 saturated carbocycles. The summed E-state index contributed by atoms with van der Waals surface area (Å²) in [5, 5.41) is 10.7. The average molecular weight is 429 g/mol. The molecule has 0 radical (unpaired) electrons. The van der Waals surface area contributed by atoms with Gasteiger partial charge in [-0.2, -0.15) is 0 Å². The molecule has 0 unspecified atom stereocenters. The lowest BCUT2D eigenvalue weighted by Crippen LogP contribution is -2.26. The van der Waals surface area contributed by atoms with Crippen LogP contribution in [0.2, 0.25) is 0 Å². The SMILES string of the molecule is CCc1cc(Br)cc(C)c1-c1c(O)c2scnc2n(CC(F)F)c1=O. The largest absolute Gasteiger partial charge is 0.505 e. The zero-order valence-corrected chi connectivity index (χ0v) is 15.9. The van der Waals surface area contributed by atoms with Crippen molar-refractivity contribution in [2.24, 2.45) is 0 Å². The van der Waals surface area contributed by atoms with Crippen LogP contribution in [0, 0.1) is 6.92 Å². The minimum Gasteiger partial charge on any atom is -0.505 e. The summed E-state index contributed by atoms with van der Waals surface area (Å²) in [4.78, 5) is 17.0. The van der Waals surface area contributed by atoms with Crippen LogP contribution in [0.15, 0.2) is 26.9 Å². The summed E-state index contributed by atoms with van der Waals surface area (Å²) in [7, 11) is 0. The second kappa shape index (κ2) is 6.84. The Kier molecular flexibility index (Phi) is 4.92. The summed E-state index contributed by atoms with van der Waals surface area (Å²) in [5.41, 5.74) is 3.15. The number of alkyl halides is 2. The molecule has 1 N–H and O–H groups in total. The van der Waals surface area contributed by atoms with E-state index in [0.29, 0.717) is 16.7 Å². The molecule has 132 valence electrons. The van der Waals surface area contributed by atoms with E-state index in [4.69, 9.17) is 0 Å². The van der Waals surface area contributed by atoms with E-state index in [1.807, 2.05) is 26.0 Å². The summed E-state index contributed by atoms with van der Waals surface area (Å²) in [6.45, 7) is 3.00. The van der Waals surface area contributed by atoms with E-state index in [9.17, 15) is 18.7 Å². The highest BCUT2D eigenvalue weighted by molar-refractivity contribution is 9.10. The fraction of sp³-hybridized carbons (Fsp3) is 0.294. The third kappa shape index (κ3) is 3.08. The fourth-order valence-corrected chi connectivity index (χ4v) is 4.38. The highest BCUT2D eigenvalue weighted by atomic mass is 79.9. The van der Waals surface area contributed by atoms with Crippen molar-refractivity contribution in [3.05, 3.63) is 43.6 Å². The van der Waals surface area contributed by atoms with E-state index in [1.165, 1.54) is 5.51 Å². The Labute approximate surface area is 154 Å². The molecular formula is C17H15BrF2N2O2S. The first kappa shape index (κ1) is 18.0. The number of halogens is 3. The van der Waals surface area contributed by atoms with Crippen LogP contribution in [0.25, 0.3) is 21.5 Å². The van der Waals surface area contributed by atoms with Crippen LogP contribution in [0.5, 0.6) is 5.75 Å². The molecule has 0 fully saturated rings. The topological polar surface area (TPSA) is 55.1 Å². The van der Waals surface area contributed by atoms with E-state index in [0.717, 1.165) is 31.5 Å². The highest BCUT2D eigenvalue weighted by Crippen LogP contribution is 2.39. The van der Waals surface area contributed by atoms with Crippen LogP contribution >= 0.6 is 27.3 Å². The quantitative estimate of drug-likeness (QED) is 0.653. The molecule has 0 bridgehead atoms. The van der Waals surface area contributed by atoms with Crippen molar-refractivity contribution in [1.82, 2.24) is 9.55 Å². The smallest absolute Gasteiger partial charge is 0.264 e. The molecule has 0 aliphatic rings. The Morgan fingerprint density at radius 2 is 2.08 bits per heavy atom. The van der Waals surface area contributed by atoms with Crippen molar-refractivity contribution in [3.63, 3.8) is 0 Å². The summed E-state index contributed by atoms with van der Waals surface area (Å²) < 4.78 is 28.1. The molecule has 0 aliphatic heterocycles. The lowest BCUT2D eigenvalue weighted by atomic mass is 9.94. The molecule has 0 saturated heterocycles. The number of nitrogens with zero attached hydrogens (tertiary/aromatic N) is 2. The first-order valence-corrected chi connectivity index (χ1v) is 9.28. The highest BCUT2D eigenvalue weighted by Gasteiger charge is 2.24. The van der Waals surface area contributed by atoms with Crippen molar-refractivity contribution in [2.45, 2.75) is 33.2 Å². The lowest BCUT2D eigenvalue weighted by molar-refractivity contribution is 0.126. The number of hydrogen-bond donors (Lipinski definition) is 1. The monoisotopic (exact) mass is 428 g/mol. The number of aryl methyl sites for hydroxylation is 2. The number of rotatable bonds is 4. The van der Waals surface area contributed by atoms with Gasteiger partial charge in [0.2, 0.25) is 0 Å². The minimum atomic E-state index is -2.70. The molecular weight excluding hydrogens is 414 g/mol. The van der Waals surface area contributed by atoms with Crippen molar-refractivity contribution >= 4 is 37.6 Å². The van der Waals surface area contributed by atoms with Crippen LogP contribution in [-0.2, 0) is 13.0 Å². The molecule has 1 aromatic carbocycles. The van der Waals surface area contributed by atoms with Gasteiger partial charge in [-0.25, -0.2) is 13.8 Å². The molecule has 0 atom stereocenters. The van der Waals surface area contributed by atoms with Gasteiger partial charge in [-0.05, 0) is 42.2 Å². The van der Waals surface area contributed by atoms with E-state index in [-0.39, 0.29) is 17.0 Å². The molecule has 3 rings (SSSR count). The van der Waals surface area contributed by atoms with E-state index in [1.54, 1.807) is 0 Å². The molecule has 8 heteroatoms. The molecule has 0 aliphatic carbocycles. The van der Waals surface area contributed by atoms with Crippen LogP contribution in [0.1, 0.15) is 18.1 Å². The van der Waals surface area contributed by atoms with Gasteiger partial charge >= 0.3 is 0 Å². The third-order valence-corrected chi connectivity index (χ3v) is 5.33. The van der Waals surface area contributed by atoms with Crippen LogP contribution in [-0.4, -0.2) is 21.1 Å². The van der Waals surface area contributed by atoms with Gasteiger partial charge in [0.25, 0.3) is 12.0 Å². The third-order valence-electron chi connectivity index (χ3n) is 4.05. The van der Waals surface area contributed by atoms with Gasteiger partial charge in [0.15, 0.2) is 5.65 Å². The Hall–Kier alpha value is -1.80. The number of pyridine rings is 1. The van der Waals surface area contributed by atoms with Gasteiger partial charge in [0.05, 0.1) is 17.6 Å². The first-order chi connectivity index (χ1) is 11.8. The fourth-order valence-electron chi connectivity index (χ4n) is 3.02. The van der Waals surface area contributed by atoms with Crippen molar-refractivity contribution < 1.29 is 13.9 Å². The van der Waals surface area contributed by atoms with Crippen LogP contribution in [0.3, 0.4) is 0 Å². The van der Waals surface area contributed by atoms with Gasteiger partial charge < -0.3 is 5.11 Å². The van der Waals surface area contributed by atoms with E-state index >= 15 is 0 Å². The Morgan fingerprint density at radius 3 is 2.72 bits per heavy atom. The summed E-state index contributed by atoms with van der Waals surface area (Å²) in [6.07, 6.45) is -2.07. The maximum Gasteiger partial charge on any atom is 0.264 e. The number of aromatic hydroxyl groups is 1. The van der Waals surface area contributed by atoms with Crippen LogP contribution < -0.4 is 5.56 Å². The molecule has 2 heterocycles. The zero-order valence-electron chi connectivity index (χ0n) is 13.5. The maximum atomic E-state index is 13.0. The summed E-state index contributed by atoms with van der Waals surface area (Å²) >= 11 is 4.55. The standard InChI is InChI=1S/C17H15BrF2N2O2S/c1-3-9-5-10(18)4-8(2)12(9)13-14(23)15-16(21-7-25-15)22(17(13)24)6-11(19)20/h4-5,7,11,23H,3,6H2,1-2H3. The summed E-state index contributed by atoms with van der Waals surface area (Å²) in [6, 6.07) is 3.71. The molecule has 2 aromatic heterocycles. The normalized spacial score (nSPS) is 11.6. The number of benzene rings is 1. The number of aromatic nitrogens is 2. The Balaban J connectivity index is 2.44. The van der Waals surface area contributed by atoms with Crippen LogP contribution in [0.4, 0.5) is 8.78 Å². The minimum absolute atomic E-state index is 0.0549. The number of hydrogen-bond acceptors (Lipinski definition) is 4. The zero-order chi connectivity index (χ0) is 18.3. The predicted molar refractivity (Wildman–Crippen MR) is 98.8 cm³/mol. The summed E-state index contributed by atoms with van der Waals surface area (Å²) in [5.74, 6) is -0.201. The maximum absolute atomic E-state index is 13.0. The molecule has 3 aromatic rings. The predicted octanol–water partition coefficient (Wildman–Crippen LogP) is 4.73. The lowest BCUT2D eigenvalue weighted by Gasteiger charge is -2.16. The van der Waals surface area contributed by atoms with Crippen molar-refractivity contribution in [2.75, 3.05) is 0 Å². The van der Waals surface area contributed by atoms with E-state index in [2.05, 4.69) is 20.9 Å². The second-order valence-electron chi connectivity index (χ2n) is 5.65. The van der Waals surface area contributed by atoms with Gasteiger partial charge in [0.1, 0.15) is 10.4 Å². The Morgan fingerprint density at radius 1 is 1.36 bits per heavy atom. The van der Waals surface area contributed by atoms with Crippen molar-refractivity contribution in [3.8, 4) is 16.9 Å². The van der Waals surface area contributed by atoms with Gasteiger partial charge in [-0.1, -0.05) is 22.9 Å². The first-order valence-electron chi connectivity index (χ1n) is 7.61. The average Bonchev–Trinajstić information content (AvgIpc) is 3.02. The van der Waals surface area contributed by atoms with Gasteiger partial charge in [0, 0.05) is 4.47 Å². The molecule has 0 amide bonds. The molecule has 25 heavy (non-hydrogen) atoms. The second-order valence-corrected chi connectivity index (χ2v) is 7.42. The van der Waals surface area contributed by atoms with Gasteiger partial charge in [-0.3, -0.25) is 9.36 Å². The molecule has 4 nitrogen and oxygen atoms in total. The Bertz CT molecular complexity index is 1010.